The second-order valence-electron chi connectivity index (χ2n) is 4.74. The largest absolute Gasteiger partial charge is 0.444 e. The molecule has 0 spiro atoms. The molecule has 0 saturated heterocycles. The van der Waals surface area contributed by atoms with E-state index in [0.717, 1.165) is 15.6 Å². The van der Waals surface area contributed by atoms with Crippen molar-refractivity contribution >= 4 is 34.6 Å². The number of aromatic nitrogens is 1. The maximum absolute atomic E-state index is 11.5. The molecule has 1 heterocycles. The van der Waals surface area contributed by atoms with Crippen LogP contribution in [0, 0.1) is 6.92 Å². The molecule has 3 N–H and O–H groups in total. The molecule has 0 aliphatic rings. The number of hydrogen-bond acceptors (Lipinski definition) is 5. The van der Waals surface area contributed by atoms with Gasteiger partial charge in [0.15, 0.2) is 0 Å². The SMILES string of the molecule is Cc1nc(CNC(=O)OC(C)(C)C)sc1C(N)=S. The van der Waals surface area contributed by atoms with Crippen molar-refractivity contribution in [1.29, 1.82) is 0 Å². The van der Waals surface area contributed by atoms with Gasteiger partial charge >= 0.3 is 6.09 Å². The van der Waals surface area contributed by atoms with Gasteiger partial charge in [-0.2, -0.15) is 0 Å². The summed E-state index contributed by atoms with van der Waals surface area (Å²) in [6.07, 6.45) is -0.466. The Bertz CT molecular complexity index is 463. The molecule has 0 radical (unpaired) electrons. The highest BCUT2D eigenvalue weighted by Gasteiger charge is 2.16. The van der Waals surface area contributed by atoms with Crippen molar-refractivity contribution in [3.05, 3.63) is 15.6 Å². The lowest BCUT2D eigenvalue weighted by Crippen LogP contribution is -2.32. The molecular weight excluding hydrogens is 270 g/mol. The highest BCUT2D eigenvalue weighted by molar-refractivity contribution is 7.81. The van der Waals surface area contributed by atoms with Gasteiger partial charge in [0.2, 0.25) is 0 Å². The number of hydrogen-bond donors (Lipinski definition) is 2. The van der Waals surface area contributed by atoms with Crippen LogP contribution in [-0.4, -0.2) is 21.7 Å². The van der Waals surface area contributed by atoms with Crippen molar-refractivity contribution in [2.75, 3.05) is 0 Å². The summed E-state index contributed by atoms with van der Waals surface area (Å²) in [6, 6.07) is 0. The molecule has 0 bridgehead atoms. The Kier molecular flexibility index (Phi) is 4.64. The zero-order valence-corrected chi connectivity index (χ0v) is 12.5. The molecule has 1 rings (SSSR count). The molecule has 1 amide bonds. The molecular formula is C11H17N3O2S2. The second kappa shape index (κ2) is 5.62. The van der Waals surface area contributed by atoms with Crippen LogP contribution in [0.4, 0.5) is 4.79 Å². The molecule has 5 nitrogen and oxygen atoms in total. The third-order valence-electron chi connectivity index (χ3n) is 1.85. The van der Waals surface area contributed by atoms with E-state index >= 15 is 0 Å². The van der Waals surface area contributed by atoms with Crippen molar-refractivity contribution in [3.8, 4) is 0 Å². The normalized spacial score (nSPS) is 11.1. The molecule has 18 heavy (non-hydrogen) atoms. The molecule has 1 aromatic heterocycles. The maximum Gasteiger partial charge on any atom is 0.408 e. The molecule has 0 atom stereocenters. The van der Waals surface area contributed by atoms with Crippen LogP contribution >= 0.6 is 23.6 Å². The Morgan fingerprint density at radius 2 is 2.17 bits per heavy atom. The number of carbonyl (C=O) groups excluding carboxylic acids is 1. The molecule has 0 aromatic carbocycles. The van der Waals surface area contributed by atoms with Crippen LogP contribution in [0.1, 0.15) is 36.3 Å². The minimum atomic E-state index is -0.507. The van der Waals surface area contributed by atoms with Gasteiger partial charge < -0.3 is 15.8 Å². The summed E-state index contributed by atoms with van der Waals surface area (Å²) in [5.74, 6) is 0. The maximum atomic E-state index is 11.5. The summed E-state index contributed by atoms with van der Waals surface area (Å²) in [4.78, 5) is 16.8. The minimum absolute atomic E-state index is 0.309. The molecule has 1 aromatic rings. The van der Waals surface area contributed by atoms with Gasteiger partial charge in [0.1, 0.15) is 15.6 Å². The number of nitrogens with one attached hydrogen (secondary N) is 1. The topological polar surface area (TPSA) is 77.2 Å². The molecule has 0 aliphatic carbocycles. The van der Waals surface area contributed by atoms with Gasteiger partial charge in [-0.3, -0.25) is 0 Å². The van der Waals surface area contributed by atoms with Gasteiger partial charge in [-0.15, -0.1) is 11.3 Å². The van der Waals surface area contributed by atoms with E-state index in [9.17, 15) is 4.79 Å². The smallest absolute Gasteiger partial charge is 0.408 e. The number of aryl methyl sites for hydroxylation is 1. The Morgan fingerprint density at radius 1 is 1.56 bits per heavy atom. The van der Waals surface area contributed by atoms with E-state index in [4.69, 9.17) is 22.7 Å². The molecule has 0 unspecified atom stereocenters. The quantitative estimate of drug-likeness (QED) is 0.833. The zero-order chi connectivity index (χ0) is 13.9. The van der Waals surface area contributed by atoms with Gasteiger partial charge in [0, 0.05) is 0 Å². The van der Waals surface area contributed by atoms with Crippen LogP contribution in [0.5, 0.6) is 0 Å². The van der Waals surface area contributed by atoms with Crippen LogP contribution < -0.4 is 11.1 Å². The lowest BCUT2D eigenvalue weighted by atomic mass is 10.2. The molecule has 0 aliphatic heterocycles. The van der Waals surface area contributed by atoms with Gasteiger partial charge in [-0.1, -0.05) is 12.2 Å². The number of nitrogens with two attached hydrogens (primary N) is 1. The van der Waals surface area contributed by atoms with Gasteiger partial charge in [0.05, 0.1) is 17.1 Å². The average Bonchev–Trinajstić information content (AvgIpc) is 2.54. The van der Waals surface area contributed by atoms with Crippen LogP contribution in [0.15, 0.2) is 0 Å². The Hall–Kier alpha value is -1.21. The fourth-order valence-corrected chi connectivity index (χ4v) is 2.35. The van der Waals surface area contributed by atoms with Crippen molar-refractivity contribution in [2.45, 2.75) is 39.8 Å². The van der Waals surface area contributed by atoms with E-state index in [2.05, 4.69) is 10.3 Å². The van der Waals surface area contributed by atoms with E-state index in [0.29, 0.717) is 11.5 Å². The third kappa shape index (κ3) is 4.58. The van der Waals surface area contributed by atoms with Crippen molar-refractivity contribution in [2.24, 2.45) is 5.73 Å². The predicted molar refractivity (Wildman–Crippen MR) is 75.8 cm³/mol. The molecule has 100 valence electrons. The minimum Gasteiger partial charge on any atom is -0.444 e. The standard InChI is InChI=1S/C11H17N3O2S2/c1-6-8(9(12)17)18-7(14-6)5-13-10(15)16-11(2,3)4/h5H2,1-4H3,(H2,12,17)(H,13,15). The zero-order valence-electron chi connectivity index (χ0n) is 10.9. The first-order valence-electron chi connectivity index (χ1n) is 5.42. The van der Waals surface area contributed by atoms with E-state index < -0.39 is 11.7 Å². The van der Waals surface area contributed by atoms with Crippen LogP contribution in [0.25, 0.3) is 0 Å². The number of carbonyl (C=O) groups is 1. The first-order chi connectivity index (χ1) is 8.19. The highest BCUT2D eigenvalue weighted by atomic mass is 32.1. The summed E-state index contributed by atoms with van der Waals surface area (Å²) in [5, 5.41) is 3.39. The van der Waals surface area contributed by atoms with E-state index in [1.54, 1.807) is 0 Å². The van der Waals surface area contributed by atoms with Gasteiger partial charge in [-0.25, -0.2) is 9.78 Å². The third-order valence-corrected chi connectivity index (χ3v) is 3.37. The number of ether oxygens (including phenoxy) is 1. The van der Waals surface area contributed by atoms with Crippen molar-refractivity contribution in [3.63, 3.8) is 0 Å². The lowest BCUT2D eigenvalue weighted by molar-refractivity contribution is 0.0523. The van der Waals surface area contributed by atoms with Crippen LogP contribution in [-0.2, 0) is 11.3 Å². The summed E-state index contributed by atoms with van der Waals surface area (Å²) in [5.41, 5.74) is 5.84. The number of alkyl carbamates (subject to hydrolysis) is 1. The Morgan fingerprint density at radius 3 is 2.61 bits per heavy atom. The predicted octanol–water partition coefficient (Wildman–Crippen LogP) is 2.11. The first kappa shape index (κ1) is 14.8. The summed E-state index contributed by atoms with van der Waals surface area (Å²) < 4.78 is 5.12. The summed E-state index contributed by atoms with van der Waals surface area (Å²) in [7, 11) is 0. The number of nitrogens with zero attached hydrogens (tertiary/aromatic N) is 1. The molecule has 0 saturated carbocycles. The van der Waals surface area contributed by atoms with E-state index in [1.807, 2.05) is 27.7 Å². The molecule has 0 fully saturated rings. The number of thiazole rings is 1. The Labute approximate surface area is 116 Å². The van der Waals surface area contributed by atoms with Crippen LogP contribution in [0.3, 0.4) is 0 Å². The summed E-state index contributed by atoms with van der Waals surface area (Å²) in [6.45, 7) is 7.58. The van der Waals surface area contributed by atoms with E-state index in [1.165, 1.54) is 11.3 Å². The van der Waals surface area contributed by atoms with Crippen molar-refractivity contribution in [1.82, 2.24) is 10.3 Å². The fraction of sp³-hybridized carbons (Fsp3) is 0.545. The molecule has 7 heteroatoms. The van der Waals surface area contributed by atoms with Crippen LogP contribution in [0.2, 0.25) is 0 Å². The first-order valence-corrected chi connectivity index (χ1v) is 6.64. The number of amides is 1. The van der Waals surface area contributed by atoms with Gasteiger partial charge in [0.25, 0.3) is 0 Å². The average molecular weight is 287 g/mol. The number of thiocarbonyl (C=S) groups is 1. The monoisotopic (exact) mass is 287 g/mol. The van der Waals surface area contributed by atoms with Crippen molar-refractivity contribution < 1.29 is 9.53 Å². The number of rotatable bonds is 3. The highest BCUT2D eigenvalue weighted by Crippen LogP contribution is 2.17. The van der Waals surface area contributed by atoms with Gasteiger partial charge in [-0.05, 0) is 27.7 Å². The summed E-state index contributed by atoms with van der Waals surface area (Å²) >= 11 is 6.29. The fourth-order valence-electron chi connectivity index (χ4n) is 1.22. The lowest BCUT2D eigenvalue weighted by Gasteiger charge is -2.19. The second-order valence-corrected chi connectivity index (χ2v) is 6.27. The van der Waals surface area contributed by atoms with E-state index in [-0.39, 0.29) is 0 Å². The Balaban J connectivity index is 2.57.